The van der Waals surface area contributed by atoms with Gasteiger partial charge in [0.2, 0.25) is 0 Å². The molecule has 1 heterocycles. The molecule has 5 nitrogen and oxygen atoms in total. The molecule has 154 valence electrons. The molecule has 1 aromatic carbocycles. The normalized spacial score (nSPS) is 26.8. The molecule has 0 radical (unpaired) electrons. The van der Waals surface area contributed by atoms with Crippen molar-refractivity contribution < 1.29 is 23.6 Å². The van der Waals surface area contributed by atoms with Crippen LogP contribution in [0.1, 0.15) is 66.0 Å². The number of aryl methyl sites for hydroxylation is 1. The zero-order chi connectivity index (χ0) is 21.1. The van der Waals surface area contributed by atoms with Gasteiger partial charge in [0.25, 0.3) is 0 Å². The van der Waals surface area contributed by atoms with Crippen LogP contribution < -0.4 is 10.8 Å². The van der Waals surface area contributed by atoms with Crippen molar-refractivity contribution in [2.75, 3.05) is 0 Å². The van der Waals surface area contributed by atoms with Crippen LogP contribution in [-0.4, -0.2) is 35.6 Å². The molecule has 0 bridgehead atoms. The molecule has 1 aromatic rings. The third kappa shape index (κ3) is 3.43. The van der Waals surface area contributed by atoms with Gasteiger partial charge in [0, 0.05) is 0 Å². The molecule has 2 atom stereocenters. The van der Waals surface area contributed by atoms with Crippen molar-refractivity contribution in [1.29, 1.82) is 0 Å². The third-order valence-corrected chi connectivity index (χ3v) is 6.45. The van der Waals surface area contributed by atoms with Crippen molar-refractivity contribution in [1.82, 2.24) is 5.32 Å². The molecule has 1 saturated heterocycles. The lowest BCUT2D eigenvalue weighted by Gasteiger charge is -2.40. The summed E-state index contributed by atoms with van der Waals surface area (Å²) in [6.45, 7) is 13.6. The number of benzene rings is 1. The van der Waals surface area contributed by atoms with Crippen LogP contribution in [0.5, 0.6) is 0 Å². The molecule has 2 aliphatic rings. The second-order valence-electron chi connectivity index (χ2n) is 10.1. The Morgan fingerprint density at radius 2 is 1.79 bits per heavy atom. The van der Waals surface area contributed by atoms with Crippen LogP contribution >= 0.6 is 0 Å². The Morgan fingerprint density at radius 3 is 2.29 bits per heavy atom. The van der Waals surface area contributed by atoms with E-state index in [1.54, 1.807) is 6.07 Å². The lowest BCUT2D eigenvalue weighted by molar-refractivity contribution is 0.00578. The van der Waals surface area contributed by atoms with Gasteiger partial charge in [0.05, 0.1) is 17.2 Å². The lowest BCUT2D eigenvalue weighted by Crippen LogP contribution is -2.54. The highest BCUT2D eigenvalue weighted by Crippen LogP contribution is 2.47. The van der Waals surface area contributed by atoms with E-state index in [0.717, 1.165) is 11.0 Å². The van der Waals surface area contributed by atoms with Gasteiger partial charge < -0.3 is 19.7 Å². The fourth-order valence-corrected chi connectivity index (χ4v) is 4.24. The van der Waals surface area contributed by atoms with Crippen LogP contribution in [0.4, 0.5) is 9.18 Å². The Morgan fingerprint density at radius 1 is 1.21 bits per heavy atom. The molecule has 0 aromatic heterocycles. The first-order valence-electron chi connectivity index (χ1n) is 9.85. The van der Waals surface area contributed by atoms with E-state index < -0.39 is 41.5 Å². The molecule has 2 unspecified atom stereocenters. The Bertz CT molecular complexity index is 773. The predicted molar refractivity (Wildman–Crippen MR) is 108 cm³/mol. The summed E-state index contributed by atoms with van der Waals surface area (Å²) in [6.07, 6.45) is -0.413. The molecular formula is C21H31BFNO4. The monoisotopic (exact) mass is 391 g/mol. The molecule has 3 rings (SSSR count). The van der Waals surface area contributed by atoms with Crippen molar-refractivity contribution in [3.05, 3.63) is 29.3 Å². The van der Waals surface area contributed by atoms with E-state index in [2.05, 4.69) is 5.32 Å². The molecule has 1 aliphatic heterocycles. The number of hydrogen-bond acceptors (Lipinski definition) is 3. The van der Waals surface area contributed by atoms with Crippen molar-refractivity contribution in [3.63, 3.8) is 0 Å². The molecule has 0 spiro atoms. The largest absolute Gasteiger partial charge is 0.494 e. The third-order valence-electron chi connectivity index (χ3n) is 6.45. The molecule has 1 amide bonds. The summed E-state index contributed by atoms with van der Waals surface area (Å²) < 4.78 is 28.4. The first kappa shape index (κ1) is 21.1. The SMILES string of the molecule is CC(C)(C)C(NC(=O)O)C1(F)CCc2cc(B3OC(C)(C)C(C)(C)O3)ccc21. The Hall–Kier alpha value is -1.60. The first-order valence-corrected chi connectivity index (χ1v) is 9.85. The van der Waals surface area contributed by atoms with Gasteiger partial charge >= 0.3 is 13.2 Å². The van der Waals surface area contributed by atoms with Crippen molar-refractivity contribution >= 4 is 18.7 Å². The smallest absolute Gasteiger partial charge is 0.465 e. The Kier molecular flexibility index (Phi) is 4.87. The number of hydrogen-bond donors (Lipinski definition) is 2. The second kappa shape index (κ2) is 6.46. The number of fused-ring (bicyclic) bond motifs is 1. The van der Waals surface area contributed by atoms with Crippen LogP contribution in [0.2, 0.25) is 0 Å². The lowest BCUT2D eigenvalue weighted by atomic mass is 9.73. The Labute approximate surface area is 167 Å². The van der Waals surface area contributed by atoms with Gasteiger partial charge in [-0.25, -0.2) is 9.18 Å². The van der Waals surface area contributed by atoms with Gasteiger partial charge in [-0.3, -0.25) is 0 Å². The number of halogens is 1. The summed E-state index contributed by atoms with van der Waals surface area (Å²) in [4.78, 5) is 11.3. The minimum atomic E-state index is -1.75. The van der Waals surface area contributed by atoms with Crippen molar-refractivity contribution in [2.45, 2.75) is 84.2 Å². The molecule has 7 heteroatoms. The molecule has 1 aliphatic carbocycles. The molecular weight excluding hydrogens is 360 g/mol. The van der Waals surface area contributed by atoms with Gasteiger partial charge in [-0.05, 0) is 62.5 Å². The topological polar surface area (TPSA) is 67.8 Å². The van der Waals surface area contributed by atoms with E-state index in [1.807, 2.05) is 60.6 Å². The van der Waals surface area contributed by atoms with Gasteiger partial charge in [0.1, 0.15) is 0 Å². The summed E-state index contributed by atoms with van der Waals surface area (Å²) in [5, 5.41) is 11.7. The maximum absolute atomic E-state index is 16.2. The number of alkyl halides is 1. The number of carbonyl (C=O) groups is 1. The highest BCUT2D eigenvalue weighted by molar-refractivity contribution is 6.62. The predicted octanol–water partition coefficient (Wildman–Crippen LogP) is 3.78. The number of carboxylic acid groups (broad SMARTS) is 1. The quantitative estimate of drug-likeness (QED) is 0.770. The van der Waals surface area contributed by atoms with E-state index in [-0.39, 0.29) is 6.42 Å². The van der Waals surface area contributed by atoms with Crippen molar-refractivity contribution in [2.24, 2.45) is 5.41 Å². The highest BCUT2D eigenvalue weighted by atomic mass is 19.1. The first-order chi connectivity index (χ1) is 12.7. The van der Waals surface area contributed by atoms with Crippen LogP contribution in [0.15, 0.2) is 18.2 Å². The maximum Gasteiger partial charge on any atom is 0.494 e. The standard InChI is InChI=1S/C21H31BFNO4/c1-18(2,3)16(24-17(25)26)21(23)11-10-13-12-14(8-9-15(13)21)22-27-19(4,5)20(6,7)28-22/h8-9,12,16,24H,10-11H2,1-7H3,(H,25,26). The number of amides is 1. The average Bonchev–Trinajstić information content (AvgIpc) is 2.98. The minimum Gasteiger partial charge on any atom is -0.465 e. The van der Waals surface area contributed by atoms with E-state index in [0.29, 0.717) is 12.0 Å². The van der Waals surface area contributed by atoms with Crippen LogP contribution in [0.3, 0.4) is 0 Å². The number of nitrogens with one attached hydrogen (secondary N) is 1. The van der Waals surface area contributed by atoms with E-state index in [1.165, 1.54) is 0 Å². The van der Waals surface area contributed by atoms with E-state index >= 15 is 4.39 Å². The zero-order valence-corrected chi connectivity index (χ0v) is 17.9. The Balaban J connectivity index is 1.94. The van der Waals surface area contributed by atoms with Crippen LogP contribution in [0, 0.1) is 5.41 Å². The van der Waals surface area contributed by atoms with Gasteiger partial charge in [-0.1, -0.05) is 39.0 Å². The summed E-state index contributed by atoms with van der Waals surface area (Å²) in [7, 11) is -0.500. The van der Waals surface area contributed by atoms with E-state index in [9.17, 15) is 9.90 Å². The zero-order valence-electron chi connectivity index (χ0n) is 17.9. The summed E-state index contributed by atoms with van der Waals surface area (Å²) in [5.74, 6) is 0. The second-order valence-corrected chi connectivity index (χ2v) is 10.1. The fourth-order valence-electron chi connectivity index (χ4n) is 4.24. The summed E-state index contributed by atoms with van der Waals surface area (Å²) in [5.41, 5.74) is -0.899. The van der Waals surface area contributed by atoms with Gasteiger partial charge in [0.15, 0.2) is 5.67 Å². The molecule has 1 fully saturated rings. The molecule has 2 N–H and O–H groups in total. The van der Waals surface area contributed by atoms with E-state index in [4.69, 9.17) is 9.31 Å². The average molecular weight is 391 g/mol. The molecule has 28 heavy (non-hydrogen) atoms. The minimum absolute atomic E-state index is 0.247. The molecule has 0 saturated carbocycles. The van der Waals surface area contributed by atoms with Gasteiger partial charge in [-0.2, -0.15) is 0 Å². The summed E-state index contributed by atoms with van der Waals surface area (Å²) in [6, 6.07) is 4.70. The van der Waals surface area contributed by atoms with Crippen molar-refractivity contribution in [3.8, 4) is 0 Å². The van der Waals surface area contributed by atoms with Crippen LogP contribution in [0.25, 0.3) is 0 Å². The van der Waals surface area contributed by atoms with Gasteiger partial charge in [-0.15, -0.1) is 0 Å². The number of rotatable bonds is 3. The summed E-state index contributed by atoms with van der Waals surface area (Å²) >= 11 is 0. The fraction of sp³-hybridized carbons (Fsp3) is 0.667. The highest BCUT2D eigenvalue weighted by Gasteiger charge is 2.54. The maximum atomic E-state index is 16.2. The van der Waals surface area contributed by atoms with Crippen LogP contribution in [-0.2, 0) is 21.4 Å².